The van der Waals surface area contributed by atoms with Crippen LogP contribution in [0.4, 0.5) is 0 Å². The first-order valence-electron chi connectivity index (χ1n) is 14.6. The molecule has 0 aliphatic carbocycles. The van der Waals surface area contributed by atoms with E-state index in [9.17, 15) is 9.59 Å². The van der Waals surface area contributed by atoms with Gasteiger partial charge in [-0.3, -0.25) is 9.59 Å². The average molecular weight is 573 g/mol. The minimum Gasteiger partial charge on any atom is -0.477 e. The number of likely N-dealkylation sites (tertiary alicyclic amines) is 1. The SMILES string of the molecule is CC(N)C(=O)NC(C(=O)N1CCCC1C1=N[C@](C)(Cc2cccc(-c3ccco3)c2)CO1)C(C)OCc1ccccc1. The standard InChI is InChI=1S/C33H40N4O5/c1-22(34)30(38)35-29(23(2)41-20-24-10-5-4-6-11-24)32(39)37-16-8-14-27(37)31-36-33(3,21-42-31)19-25-12-7-13-26(18-25)28-15-9-17-40-28/h4-7,9-13,15,17-18,22-23,27,29H,8,14,16,19-21,34H2,1-3H3,(H,35,38)/t22?,23?,27?,29?,33-/m1/s1. The van der Waals surface area contributed by atoms with E-state index in [4.69, 9.17) is 24.6 Å². The molecule has 1 saturated heterocycles. The Balaban J connectivity index is 1.30. The van der Waals surface area contributed by atoms with Crippen molar-refractivity contribution in [3.05, 3.63) is 84.1 Å². The lowest BCUT2D eigenvalue weighted by Gasteiger charge is -2.32. The molecule has 9 nitrogen and oxygen atoms in total. The second kappa shape index (κ2) is 12.9. The average Bonchev–Trinajstić information content (AvgIpc) is 3.76. The van der Waals surface area contributed by atoms with E-state index in [1.54, 1.807) is 25.0 Å². The Morgan fingerprint density at radius 1 is 1.12 bits per heavy atom. The van der Waals surface area contributed by atoms with E-state index in [2.05, 4.69) is 24.4 Å². The van der Waals surface area contributed by atoms with Gasteiger partial charge in [0, 0.05) is 18.5 Å². The molecule has 2 aliphatic rings. The maximum atomic E-state index is 14.0. The predicted molar refractivity (Wildman–Crippen MR) is 161 cm³/mol. The lowest BCUT2D eigenvalue weighted by Crippen LogP contribution is -2.58. The van der Waals surface area contributed by atoms with Crippen LogP contribution in [0.2, 0.25) is 0 Å². The Bertz CT molecular complexity index is 1390. The van der Waals surface area contributed by atoms with Gasteiger partial charge in [0.2, 0.25) is 17.7 Å². The van der Waals surface area contributed by atoms with Crippen LogP contribution < -0.4 is 11.1 Å². The third-order valence-corrected chi connectivity index (χ3v) is 7.85. The Morgan fingerprint density at radius 3 is 2.64 bits per heavy atom. The van der Waals surface area contributed by atoms with E-state index < -0.39 is 29.6 Å². The van der Waals surface area contributed by atoms with Crippen LogP contribution in [0, 0.1) is 0 Å². The monoisotopic (exact) mass is 572 g/mol. The largest absolute Gasteiger partial charge is 0.477 e. The summed E-state index contributed by atoms with van der Waals surface area (Å²) in [5, 5.41) is 2.84. The molecule has 3 aromatic rings. The summed E-state index contributed by atoms with van der Waals surface area (Å²) < 4.78 is 17.8. The van der Waals surface area contributed by atoms with Crippen molar-refractivity contribution in [3.8, 4) is 11.3 Å². The van der Waals surface area contributed by atoms with Crippen LogP contribution >= 0.6 is 0 Å². The van der Waals surface area contributed by atoms with Gasteiger partial charge in [-0.05, 0) is 62.9 Å². The summed E-state index contributed by atoms with van der Waals surface area (Å²) in [6.45, 7) is 6.76. The lowest BCUT2D eigenvalue weighted by molar-refractivity contribution is -0.141. The number of rotatable bonds is 11. The molecule has 0 saturated carbocycles. The predicted octanol–water partition coefficient (Wildman–Crippen LogP) is 4.10. The molecule has 42 heavy (non-hydrogen) atoms. The topological polar surface area (TPSA) is 119 Å². The number of carbonyl (C=O) groups is 2. The number of nitrogens with zero attached hydrogens (tertiary/aromatic N) is 2. The van der Waals surface area contributed by atoms with E-state index in [1.807, 2.05) is 54.6 Å². The molecule has 2 aliphatic heterocycles. The quantitative estimate of drug-likeness (QED) is 0.357. The van der Waals surface area contributed by atoms with Crippen molar-refractivity contribution in [1.82, 2.24) is 10.2 Å². The fraction of sp³-hybridized carbons (Fsp3) is 0.424. The number of ether oxygens (including phenoxy) is 2. The molecule has 1 aromatic heterocycles. The number of aliphatic imine (C=N–C) groups is 1. The second-order valence-corrected chi connectivity index (χ2v) is 11.6. The highest BCUT2D eigenvalue weighted by molar-refractivity contribution is 5.94. The van der Waals surface area contributed by atoms with Crippen LogP contribution in [0.3, 0.4) is 0 Å². The number of nitrogens with two attached hydrogens (primary N) is 1. The van der Waals surface area contributed by atoms with Crippen LogP contribution in [-0.2, 0) is 32.1 Å². The Kier molecular flexibility index (Phi) is 9.09. The Hall–Kier alpha value is -3.95. The van der Waals surface area contributed by atoms with Crippen molar-refractivity contribution in [1.29, 1.82) is 0 Å². The fourth-order valence-electron chi connectivity index (χ4n) is 5.57. The van der Waals surface area contributed by atoms with Crippen LogP contribution in [-0.4, -0.2) is 65.5 Å². The first-order valence-corrected chi connectivity index (χ1v) is 14.6. The van der Waals surface area contributed by atoms with Gasteiger partial charge in [-0.15, -0.1) is 0 Å². The summed E-state index contributed by atoms with van der Waals surface area (Å²) in [7, 11) is 0. The van der Waals surface area contributed by atoms with Crippen molar-refractivity contribution in [3.63, 3.8) is 0 Å². The third-order valence-electron chi connectivity index (χ3n) is 7.85. The van der Waals surface area contributed by atoms with Crippen molar-refractivity contribution >= 4 is 17.7 Å². The molecule has 5 rings (SSSR count). The highest BCUT2D eigenvalue weighted by Gasteiger charge is 2.43. The highest BCUT2D eigenvalue weighted by atomic mass is 16.5. The lowest BCUT2D eigenvalue weighted by atomic mass is 9.93. The Morgan fingerprint density at radius 2 is 1.90 bits per heavy atom. The van der Waals surface area contributed by atoms with Crippen LogP contribution in [0.15, 0.2) is 82.4 Å². The minimum absolute atomic E-state index is 0.224. The first-order chi connectivity index (χ1) is 20.2. The number of amides is 2. The molecule has 0 spiro atoms. The van der Waals surface area contributed by atoms with Gasteiger partial charge in [0.15, 0.2) is 0 Å². The highest BCUT2D eigenvalue weighted by Crippen LogP contribution is 2.31. The minimum atomic E-state index is -0.898. The first kappa shape index (κ1) is 29.5. The molecule has 3 heterocycles. The van der Waals surface area contributed by atoms with Gasteiger partial charge in [-0.25, -0.2) is 4.99 Å². The Labute approximate surface area is 247 Å². The molecule has 4 unspecified atom stereocenters. The van der Waals surface area contributed by atoms with Gasteiger partial charge in [0.1, 0.15) is 24.5 Å². The number of hydrogen-bond acceptors (Lipinski definition) is 7. The molecule has 2 amide bonds. The van der Waals surface area contributed by atoms with Gasteiger partial charge < -0.3 is 29.8 Å². The van der Waals surface area contributed by atoms with Gasteiger partial charge in [-0.2, -0.15) is 0 Å². The molecule has 0 bridgehead atoms. The van der Waals surface area contributed by atoms with Crippen LogP contribution in [0.5, 0.6) is 0 Å². The molecular weight excluding hydrogens is 532 g/mol. The van der Waals surface area contributed by atoms with Gasteiger partial charge in [0.05, 0.1) is 30.6 Å². The van der Waals surface area contributed by atoms with Gasteiger partial charge in [-0.1, -0.05) is 48.5 Å². The van der Waals surface area contributed by atoms with E-state index in [0.717, 1.165) is 35.3 Å². The number of benzene rings is 2. The number of carbonyl (C=O) groups excluding carboxylic acids is 2. The zero-order valence-corrected chi connectivity index (χ0v) is 24.5. The molecule has 2 aromatic carbocycles. The van der Waals surface area contributed by atoms with Crippen molar-refractivity contribution in [2.24, 2.45) is 10.7 Å². The number of hydrogen-bond donors (Lipinski definition) is 2. The van der Waals surface area contributed by atoms with Crippen molar-refractivity contribution in [2.75, 3.05) is 13.2 Å². The molecule has 1 fully saturated rings. The summed E-state index contributed by atoms with van der Waals surface area (Å²) >= 11 is 0. The fourth-order valence-corrected chi connectivity index (χ4v) is 5.57. The zero-order valence-electron chi connectivity index (χ0n) is 24.5. The van der Waals surface area contributed by atoms with E-state index in [-0.39, 0.29) is 11.9 Å². The van der Waals surface area contributed by atoms with E-state index >= 15 is 0 Å². The van der Waals surface area contributed by atoms with Gasteiger partial charge >= 0.3 is 0 Å². The molecule has 0 radical (unpaired) electrons. The van der Waals surface area contributed by atoms with Crippen molar-refractivity contribution in [2.45, 2.75) is 76.4 Å². The third kappa shape index (κ3) is 6.91. The summed E-state index contributed by atoms with van der Waals surface area (Å²) in [5.74, 6) is 0.762. The number of nitrogens with one attached hydrogen (secondary N) is 1. The maximum absolute atomic E-state index is 14.0. The number of furan rings is 1. The van der Waals surface area contributed by atoms with E-state index in [0.29, 0.717) is 32.1 Å². The maximum Gasteiger partial charge on any atom is 0.248 e. The molecular formula is C33H40N4O5. The summed E-state index contributed by atoms with van der Waals surface area (Å²) in [4.78, 5) is 33.4. The molecule has 9 heteroatoms. The summed E-state index contributed by atoms with van der Waals surface area (Å²) in [5.41, 5.74) is 8.49. The summed E-state index contributed by atoms with van der Waals surface area (Å²) in [6.07, 6.45) is 3.32. The second-order valence-electron chi connectivity index (χ2n) is 11.6. The summed E-state index contributed by atoms with van der Waals surface area (Å²) in [6, 6.07) is 19.8. The van der Waals surface area contributed by atoms with E-state index in [1.165, 1.54) is 0 Å². The van der Waals surface area contributed by atoms with Crippen LogP contribution in [0.1, 0.15) is 44.7 Å². The molecule has 222 valence electrons. The van der Waals surface area contributed by atoms with Crippen molar-refractivity contribution < 1.29 is 23.5 Å². The van der Waals surface area contributed by atoms with Gasteiger partial charge in [0.25, 0.3) is 0 Å². The smallest absolute Gasteiger partial charge is 0.248 e. The molecule has 5 atom stereocenters. The molecule has 3 N–H and O–H groups in total. The zero-order chi connectivity index (χ0) is 29.7. The van der Waals surface area contributed by atoms with Crippen LogP contribution in [0.25, 0.3) is 11.3 Å². The normalized spacial score (nSPS) is 22.2.